The molecule has 0 bridgehead atoms. The van der Waals surface area contributed by atoms with Crippen molar-refractivity contribution >= 4 is 17.4 Å². The van der Waals surface area contributed by atoms with Crippen molar-refractivity contribution in [2.45, 2.75) is 19.4 Å². The summed E-state index contributed by atoms with van der Waals surface area (Å²) in [4.78, 5) is 27.2. The number of aliphatic hydroxyl groups excluding tert-OH is 1. The molecule has 1 fully saturated rings. The number of aryl methyl sites for hydroxylation is 1. The van der Waals surface area contributed by atoms with Gasteiger partial charge in [0, 0.05) is 25.8 Å². The van der Waals surface area contributed by atoms with Crippen LogP contribution in [-0.2, 0) is 14.3 Å². The van der Waals surface area contributed by atoms with E-state index in [2.05, 4.69) is 0 Å². The van der Waals surface area contributed by atoms with Crippen LogP contribution in [0.1, 0.15) is 29.2 Å². The number of amides is 1. The zero-order valence-corrected chi connectivity index (χ0v) is 16.8. The lowest BCUT2D eigenvalue weighted by molar-refractivity contribution is -0.140. The molecule has 0 aromatic heterocycles. The van der Waals surface area contributed by atoms with E-state index in [4.69, 9.17) is 9.47 Å². The number of hydrogen-bond donors (Lipinski definition) is 1. The van der Waals surface area contributed by atoms with Gasteiger partial charge in [0.15, 0.2) is 0 Å². The zero-order valence-electron chi connectivity index (χ0n) is 16.8. The number of nitrogens with zero attached hydrogens (tertiary/aromatic N) is 1. The number of rotatable bonds is 7. The Kier molecular flexibility index (Phi) is 6.34. The largest absolute Gasteiger partial charge is 0.507 e. The van der Waals surface area contributed by atoms with Crippen molar-refractivity contribution in [2.75, 3.05) is 27.4 Å². The maximum atomic E-state index is 12.9. The summed E-state index contributed by atoms with van der Waals surface area (Å²) in [6, 6.07) is 13.7. The van der Waals surface area contributed by atoms with E-state index in [0.29, 0.717) is 30.9 Å². The number of methoxy groups -OCH3 is 2. The fourth-order valence-electron chi connectivity index (χ4n) is 3.49. The molecule has 1 aliphatic rings. The quantitative estimate of drug-likeness (QED) is 0.336. The third kappa shape index (κ3) is 4.17. The SMILES string of the molecule is COCCCN1C(=O)C(=O)/C(=C(/O)c2ccc(OC)cc2)C1c1ccc(C)cc1. The van der Waals surface area contributed by atoms with E-state index in [-0.39, 0.29) is 11.3 Å². The molecule has 0 saturated carbocycles. The van der Waals surface area contributed by atoms with Crippen LogP contribution in [0.4, 0.5) is 0 Å². The third-order valence-electron chi connectivity index (χ3n) is 5.04. The second-order valence-electron chi connectivity index (χ2n) is 6.98. The molecule has 6 heteroatoms. The zero-order chi connectivity index (χ0) is 21.0. The minimum absolute atomic E-state index is 0.0986. The Morgan fingerprint density at radius 2 is 1.69 bits per heavy atom. The molecule has 0 aliphatic carbocycles. The van der Waals surface area contributed by atoms with Crippen LogP contribution in [0.2, 0.25) is 0 Å². The highest BCUT2D eigenvalue weighted by Crippen LogP contribution is 2.39. The summed E-state index contributed by atoms with van der Waals surface area (Å²) in [6.07, 6.45) is 0.592. The maximum Gasteiger partial charge on any atom is 0.295 e. The minimum atomic E-state index is -0.679. The highest BCUT2D eigenvalue weighted by Gasteiger charge is 2.45. The number of hydrogen-bond acceptors (Lipinski definition) is 5. The lowest BCUT2D eigenvalue weighted by Gasteiger charge is -2.25. The van der Waals surface area contributed by atoms with Gasteiger partial charge >= 0.3 is 0 Å². The van der Waals surface area contributed by atoms with Gasteiger partial charge in [-0.3, -0.25) is 9.59 Å². The Morgan fingerprint density at radius 3 is 2.28 bits per heavy atom. The second-order valence-corrected chi connectivity index (χ2v) is 6.98. The van der Waals surface area contributed by atoms with Gasteiger partial charge in [-0.2, -0.15) is 0 Å². The molecule has 3 rings (SSSR count). The van der Waals surface area contributed by atoms with Crippen LogP contribution in [0.15, 0.2) is 54.1 Å². The standard InChI is InChI=1S/C23H25NO5/c1-15-5-7-16(8-6-15)20-19(21(25)17-9-11-18(29-3)12-10-17)22(26)23(27)24(20)13-4-14-28-2/h5-12,20,25H,4,13-14H2,1-3H3/b21-19+. The first-order valence-corrected chi connectivity index (χ1v) is 9.46. The summed E-state index contributed by atoms with van der Waals surface area (Å²) in [5, 5.41) is 11.0. The first-order chi connectivity index (χ1) is 14.0. The van der Waals surface area contributed by atoms with Crippen molar-refractivity contribution in [3.8, 4) is 5.75 Å². The Bertz CT molecular complexity index is 915. The summed E-state index contributed by atoms with van der Waals surface area (Å²) in [5.74, 6) is -0.842. The van der Waals surface area contributed by atoms with Crippen molar-refractivity contribution in [2.24, 2.45) is 0 Å². The molecule has 2 aromatic rings. The second kappa shape index (κ2) is 8.92. The number of carbonyl (C=O) groups is 2. The summed E-state index contributed by atoms with van der Waals surface area (Å²) in [5.41, 5.74) is 2.40. The molecule has 1 amide bonds. The Hall–Kier alpha value is -3.12. The van der Waals surface area contributed by atoms with E-state index in [1.165, 1.54) is 4.90 Å². The number of ketones is 1. The number of ether oxygens (including phenoxy) is 2. The summed E-state index contributed by atoms with van der Waals surface area (Å²) < 4.78 is 10.2. The van der Waals surface area contributed by atoms with Gasteiger partial charge in [0.1, 0.15) is 11.5 Å². The van der Waals surface area contributed by atoms with Crippen LogP contribution < -0.4 is 4.74 Å². The van der Waals surface area contributed by atoms with Crippen LogP contribution in [0, 0.1) is 6.92 Å². The predicted molar refractivity (Wildman–Crippen MR) is 110 cm³/mol. The normalized spacial score (nSPS) is 18.3. The number of benzene rings is 2. The molecular formula is C23H25NO5. The molecule has 1 saturated heterocycles. The Morgan fingerprint density at radius 1 is 1.03 bits per heavy atom. The molecule has 1 atom stereocenters. The van der Waals surface area contributed by atoms with E-state index in [9.17, 15) is 14.7 Å². The molecule has 1 N–H and O–H groups in total. The predicted octanol–water partition coefficient (Wildman–Crippen LogP) is 3.46. The fourth-order valence-corrected chi connectivity index (χ4v) is 3.49. The molecule has 6 nitrogen and oxygen atoms in total. The molecule has 2 aromatic carbocycles. The van der Waals surface area contributed by atoms with Gasteiger partial charge < -0.3 is 19.5 Å². The minimum Gasteiger partial charge on any atom is -0.507 e. The lowest BCUT2D eigenvalue weighted by Crippen LogP contribution is -2.31. The van der Waals surface area contributed by atoms with Crippen molar-refractivity contribution < 1.29 is 24.2 Å². The molecule has 0 radical (unpaired) electrons. The Balaban J connectivity index is 2.09. The first-order valence-electron chi connectivity index (χ1n) is 9.46. The van der Waals surface area contributed by atoms with Gasteiger partial charge in [-0.05, 0) is 43.2 Å². The first kappa shape index (κ1) is 20.6. The van der Waals surface area contributed by atoms with Gasteiger partial charge in [0.25, 0.3) is 11.7 Å². The van der Waals surface area contributed by atoms with Gasteiger partial charge in [0.05, 0.1) is 18.7 Å². The molecule has 0 spiro atoms. The number of carbonyl (C=O) groups excluding carboxylic acids is 2. The van der Waals surface area contributed by atoms with Gasteiger partial charge in [-0.15, -0.1) is 0 Å². The van der Waals surface area contributed by atoms with Gasteiger partial charge in [-0.1, -0.05) is 29.8 Å². The smallest absolute Gasteiger partial charge is 0.295 e. The van der Waals surface area contributed by atoms with Crippen LogP contribution in [0.5, 0.6) is 5.75 Å². The molecule has 1 heterocycles. The van der Waals surface area contributed by atoms with Crippen LogP contribution in [0.3, 0.4) is 0 Å². The van der Waals surface area contributed by atoms with E-state index in [1.54, 1.807) is 38.5 Å². The van der Waals surface area contributed by atoms with Crippen molar-refractivity contribution in [3.05, 3.63) is 70.8 Å². The summed E-state index contributed by atoms with van der Waals surface area (Å²) in [6.45, 7) is 2.80. The summed E-state index contributed by atoms with van der Waals surface area (Å²) in [7, 11) is 3.15. The van der Waals surface area contributed by atoms with Crippen molar-refractivity contribution in [1.29, 1.82) is 0 Å². The molecule has 29 heavy (non-hydrogen) atoms. The van der Waals surface area contributed by atoms with Gasteiger partial charge in [-0.25, -0.2) is 0 Å². The van der Waals surface area contributed by atoms with Crippen LogP contribution in [-0.4, -0.2) is 49.1 Å². The summed E-state index contributed by atoms with van der Waals surface area (Å²) >= 11 is 0. The molecule has 1 aliphatic heterocycles. The lowest BCUT2D eigenvalue weighted by atomic mass is 9.94. The average molecular weight is 395 g/mol. The number of likely N-dealkylation sites (tertiary alicyclic amines) is 1. The van der Waals surface area contributed by atoms with Crippen LogP contribution >= 0.6 is 0 Å². The molecular weight excluding hydrogens is 370 g/mol. The highest BCUT2D eigenvalue weighted by molar-refractivity contribution is 6.46. The topological polar surface area (TPSA) is 76.1 Å². The van der Waals surface area contributed by atoms with Gasteiger partial charge in [0.2, 0.25) is 0 Å². The van der Waals surface area contributed by atoms with E-state index in [0.717, 1.165) is 11.1 Å². The number of aliphatic hydroxyl groups is 1. The highest BCUT2D eigenvalue weighted by atomic mass is 16.5. The van der Waals surface area contributed by atoms with E-state index >= 15 is 0 Å². The van der Waals surface area contributed by atoms with E-state index in [1.807, 2.05) is 31.2 Å². The monoisotopic (exact) mass is 395 g/mol. The molecule has 1 unspecified atom stereocenters. The van der Waals surface area contributed by atoms with E-state index < -0.39 is 17.7 Å². The van der Waals surface area contributed by atoms with Crippen LogP contribution in [0.25, 0.3) is 5.76 Å². The maximum absolute atomic E-state index is 12.9. The third-order valence-corrected chi connectivity index (χ3v) is 5.04. The average Bonchev–Trinajstić information content (AvgIpc) is 2.99. The van der Waals surface area contributed by atoms with Crippen molar-refractivity contribution in [1.82, 2.24) is 4.90 Å². The Labute approximate surface area is 170 Å². The number of Topliss-reactive ketones (excluding diaryl/α,β-unsaturated/α-hetero) is 1. The van der Waals surface area contributed by atoms with Crippen molar-refractivity contribution in [3.63, 3.8) is 0 Å². The fraction of sp³-hybridized carbons (Fsp3) is 0.304. The molecule has 152 valence electrons.